The average Bonchev–Trinajstić information content (AvgIpc) is 2.75. The molecule has 0 spiro atoms. The van der Waals surface area contributed by atoms with E-state index in [4.69, 9.17) is 16.3 Å². The van der Waals surface area contributed by atoms with E-state index in [-0.39, 0.29) is 6.03 Å². The number of fused-ring (bicyclic) bond motifs is 1. The number of aromatic nitrogens is 1. The molecule has 3 aromatic rings. The van der Waals surface area contributed by atoms with Crippen molar-refractivity contribution in [1.82, 2.24) is 10.3 Å². The molecule has 0 bridgehead atoms. The molecule has 0 saturated carbocycles. The summed E-state index contributed by atoms with van der Waals surface area (Å²) in [4.78, 5) is 19.1. The molecule has 0 radical (unpaired) electrons. The van der Waals surface area contributed by atoms with E-state index in [1.165, 1.54) is 0 Å². The molecule has 150 valence electrons. The molecule has 29 heavy (non-hydrogen) atoms. The summed E-state index contributed by atoms with van der Waals surface area (Å²) in [6, 6.07) is 15.4. The third-order valence-electron chi connectivity index (χ3n) is 4.95. The molecule has 0 atom stereocenters. The van der Waals surface area contributed by atoms with Crippen LogP contribution in [-0.4, -0.2) is 43.9 Å². The van der Waals surface area contributed by atoms with Crippen LogP contribution in [0.2, 0.25) is 5.02 Å². The summed E-state index contributed by atoms with van der Waals surface area (Å²) in [7, 11) is 0. The zero-order chi connectivity index (χ0) is 20.1. The van der Waals surface area contributed by atoms with Crippen LogP contribution in [0.25, 0.3) is 10.9 Å². The van der Waals surface area contributed by atoms with Crippen LogP contribution in [0.15, 0.2) is 54.7 Å². The standard InChI is InChI=1S/C22H23ClN4O2/c23-18-6-7-20(27-11-13-29-14-12-27)19(15-18)26-22(28)25-10-8-17-4-1-3-16-5-2-9-24-21(16)17/h1-7,9,15H,8,10-14H2,(H2,25,26,28). The molecule has 1 saturated heterocycles. The molecule has 1 aromatic heterocycles. The van der Waals surface area contributed by atoms with Gasteiger partial charge in [0.15, 0.2) is 0 Å². The summed E-state index contributed by atoms with van der Waals surface area (Å²) in [6.07, 6.45) is 2.49. The van der Waals surface area contributed by atoms with Crippen LogP contribution >= 0.6 is 11.6 Å². The van der Waals surface area contributed by atoms with Crippen molar-refractivity contribution in [3.8, 4) is 0 Å². The van der Waals surface area contributed by atoms with E-state index in [2.05, 4.69) is 20.5 Å². The van der Waals surface area contributed by atoms with Gasteiger partial charge in [-0.05, 0) is 36.2 Å². The van der Waals surface area contributed by atoms with E-state index in [9.17, 15) is 4.79 Å². The molecule has 2 heterocycles. The lowest BCUT2D eigenvalue weighted by molar-refractivity contribution is 0.123. The number of rotatable bonds is 5. The maximum Gasteiger partial charge on any atom is 0.319 e. The fraction of sp³-hybridized carbons (Fsp3) is 0.273. The summed E-state index contributed by atoms with van der Waals surface area (Å²) < 4.78 is 5.42. The van der Waals surface area contributed by atoms with E-state index in [0.717, 1.165) is 35.2 Å². The third kappa shape index (κ3) is 4.78. The molecule has 2 amide bonds. The van der Waals surface area contributed by atoms with Crippen molar-refractivity contribution in [1.29, 1.82) is 0 Å². The molecule has 4 rings (SSSR count). The van der Waals surface area contributed by atoms with Gasteiger partial charge >= 0.3 is 6.03 Å². The number of carbonyl (C=O) groups is 1. The Balaban J connectivity index is 1.39. The second-order valence-corrected chi connectivity index (χ2v) is 7.32. The Labute approximate surface area is 174 Å². The highest BCUT2D eigenvalue weighted by Crippen LogP contribution is 2.29. The van der Waals surface area contributed by atoms with Crippen LogP contribution in [0.5, 0.6) is 0 Å². The molecule has 2 N–H and O–H groups in total. The number of pyridine rings is 1. The van der Waals surface area contributed by atoms with Crippen molar-refractivity contribution in [2.45, 2.75) is 6.42 Å². The number of urea groups is 1. The number of benzene rings is 2. The Morgan fingerprint density at radius 2 is 1.97 bits per heavy atom. The first-order valence-corrected chi connectivity index (χ1v) is 10.1. The highest BCUT2D eigenvalue weighted by Gasteiger charge is 2.16. The number of nitrogens with one attached hydrogen (secondary N) is 2. The van der Waals surface area contributed by atoms with E-state index >= 15 is 0 Å². The number of anilines is 2. The van der Waals surface area contributed by atoms with Gasteiger partial charge in [-0.15, -0.1) is 0 Å². The quantitative estimate of drug-likeness (QED) is 0.664. The number of hydrogen-bond acceptors (Lipinski definition) is 4. The zero-order valence-electron chi connectivity index (χ0n) is 16.0. The minimum absolute atomic E-state index is 0.255. The Kier molecular flexibility index (Phi) is 6.12. The number of halogens is 1. The van der Waals surface area contributed by atoms with Crippen molar-refractivity contribution in [3.05, 3.63) is 65.3 Å². The number of nitrogens with zero attached hydrogens (tertiary/aromatic N) is 2. The normalized spacial score (nSPS) is 14.0. The topological polar surface area (TPSA) is 66.5 Å². The maximum absolute atomic E-state index is 12.5. The van der Waals surface area contributed by atoms with Gasteiger partial charge in [0.05, 0.1) is 30.1 Å². The van der Waals surface area contributed by atoms with Crippen molar-refractivity contribution in [2.24, 2.45) is 0 Å². The summed E-state index contributed by atoms with van der Waals surface area (Å²) in [6.45, 7) is 3.42. The molecule has 1 aliphatic rings. The maximum atomic E-state index is 12.5. The Morgan fingerprint density at radius 3 is 2.83 bits per heavy atom. The average molecular weight is 411 g/mol. The first kappa shape index (κ1) is 19.5. The monoisotopic (exact) mass is 410 g/mol. The van der Waals surface area contributed by atoms with Gasteiger partial charge in [0.2, 0.25) is 0 Å². The number of para-hydroxylation sites is 1. The molecule has 0 aliphatic carbocycles. The van der Waals surface area contributed by atoms with Gasteiger partial charge in [-0.2, -0.15) is 0 Å². The summed E-state index contributed by atoms with van der Waals surface area (Å²) in [5, 5.41) is 7.55. The minimum Gasteiger partial charge on any atom is -0.378 e. The van der Waals surface area contributed by atoms with Crippen LogP contribution in [0.4, 0.5) is 16.2 Å². The van der Waals surface area contributed by atoms with Crippen molar-refractivity contribution in [3.63, 3.8) is 0 Å². The van der Waals surface area contributed by atoms with Gasteiger partial charge in [-0.3, -0.25) is 4.98 Å². The molecule has 7 heteroatoms. The van der Waals surface area contributed by atoms with Crippen LogP contribution in [0.3, 0.4) is 0 Å². The number of hydrogen-bond donors (Lipinski definition) is 2. The Morgan fingerprint density at radius 1 is 1.14 bits per heavy atom. The minimum atomic E-state index is -0.255. The summed E-state index contributed by atoms with van der Waals surface area (Å²) >= 11 is 6.16. The van der Waals surface area contributed by atoms with Crippen molar-refractivity contribution < 1.29 is 9.53 Å². The zero-order valence-corrected chi connectivity index (χ0v) is 16.8. The van der Waals surface area contributed by atoms with E-state index in [1.807, 2.05) is 42.5 Å². The van der Waals surface area contributed by atoms with Crippen LogP contribution in [0.1, 0.15) is 5.56 Å². The molecule has 1 fully saturated rings. The van der Waals surface area contributed by atoms with Gasteiger partial charge in [0.1, 0.15) is 0 Å². The molecular weight excluding hydrogens is 388 g/mol. The van der Waals surface area contributed by atoms with Gasteiger partial charge in [-0.25, -0.2) is 4.79 Å². The van der Waals surface area contributed by atoms with Crippen molar-refractivity contribution in [2.75, 3.05) is 43.1 Å². The van der Waals surface area contributed by atoms with Gasteiger partial charge < -0.3 is 20.3 Å². The number of ether oxygens (including phenoxy) is 1. The lowest BCUT2D eigenvalue weighted by atomic mass is 10.1. The number of morpholine rings is 1. The van der Waals surface area contributed by atoms with E-state index in [1.54, 1.807) is 12.3 Å². The number of amides is 2. The lowest BCUT2D eigenvalue weighted by Crippen LogP contribution is -2.37. The number of carbonyl (C=O) groups excluding carboxylic acids is 1. The van der Waals surface area contributed by atoms with E-state index < -0.39 is 0 Å². The highest BCUT2D eigenvalue weighted by atomic mass is 35.5. The first-order valence-electron chi connectivity index (χ1n) is 9.70. The second kappa shape index (κ2) is 9.11. The van der Waals surface area contributed by atoms with Gasteiger partial charge in [0.25, 0.3) is 0 Å². The summed E-state index contributed by atoms with van der Waals surface area (Å²) in [5.74, 6) is 0. The predicted octanol–water partition coefficient (Wildman–Crippen LogP) is 4.09. The Hall–Kier alpha value is -2.83. The van der Waals surface area contributed by atoms with E-state index in [0.29, 0.717) is 36.9 Å². The van der Waals surface area contributed by atoms with Gasteiger partial charge in [0, 0.05) is 36.2 Å². The fourth-order valence-corrected chi connectivity index (χ4v) is 3.71. The third-order valence-corrected chi connectivity index (χ3v) is 5.19. The van der Waals surface area contributed by atoms with Gasteiger partial charge in [-0.1, -0.05) is 35.9 Å². The first-order chi connectivity index (χ1) is 14.2. The fourth-order valence-electron chi connectivity index (χ4n) is 3.53. The molecule has 1 aliphatic heterocycles. The Bertz CT molecular complexity index is 1000. The molecular formula is C22H23ClN4O2. The smallest absolute Gasteiger partial charge is 0.319 e. The summed E-state index contributed by atoms with van der Waals surface area (Å²) in [5.41, 5.74) is 3.73. The van der Waals surface area contributed by atoms with Crippen LogP contribution in [0, 0.1) is 0 Å². The largest absolute Gasteiger partial charge is 0.378 e. The second-order valence-electron chi connectivity index (χ2n) is 6.88. The SMILES string of the molecule is O=C(NCCc1cccc2cccnc12)Nc1cc(Cl)ccc1N1CCOCC1. The van der Waals surface area contributed by atoms with Crippen LogP contribution < -0.4 is 15.5 Å². The molecule has 2 aromatic carbocycles. The molecule has 0 unspecified atom stereocenters. The highest BCUT2D eigenvalue weighted by molar-refractivity contribution is 6.31. The van der Waals surface area contributed by atoms with Crippen molar-refractivity contribution >= 4 is 39.9 Å². The lowest BCUT2D eigenvalue weighted by Gasteiger charge is -2.30. The predicted molar refractivity (Wildman–Crippen MR) is 117 cm³/mol. The van der Waals surface area contributed by atoms with Crippen LogP contribution in [-0.2, 0) is 11.2 Å². The molecule has 6 nitrogen and oxygen atoms in total.